The molecule has 2 nitrogen and oxygen atoms in total. The first kappa shape index (κ1) is 13.1. The van der Waals surface area contributed by atoms with E-state index < -0.39 is 11.8 Å². The molecule has 2 rings (SSSR count). The van der Waals surface area contributed by atoms with Gasteiger partial charge >= 0.3 is 5.97 Å². The van der Waals surface area contributed by atoms with E-state index in [-0.39, 0.29) is 16.4 Å². The van der Waals surface area contributed by atoms with Crippen LogP contribution in [0.2, 0.25) is 0 Å². The number of benzene rings is 1. The van der Waals surface area contributed by atoms with Crippen molar-refractivity contribution >= 4 is 5.97 Å². The normalized spacial score (nSPS) is 20.3. The van der Waals surface area contributed by atoms with Crippen LogP contribution in [0.4, 0.5) is 4.39 Å². The molecule has 0 radical (unpaired) electrons. The molecule has 1 aromatic carbocycles. The summed E-state index contributed by atoms with van der Waals surface area (Å²) in [4.78, 5) is 11.4. The second-order valence-corrected chi connectivity index (χ2v) is 6.45. The van der Waals surface area contributed by atoms with E-state index in [1.807, 2.05) is 27.7 Å². The van der Waals surface area contributed by atoms with Crippen LogP contribution in [0.3, 0.4) is 0 Å². The number of hydrogen-bond acceptors (Lipinski definition) is 1. The van der Waals surface area contributed by atoms with Gasteiger partial charge in [0.2, 0.25) is 0 Å². The lowest BCUT2D eigenvalue weighted by Gasteiger charge is -2.42. The van der Waals surface area contributed by atoms with E-state index >= 15 is 0 Å². The van der Waals surface area contributed by atoms with Crippen molar-refractivity contribution in [2.45, 2.75) is 51.4 Å². The lowest BCUT2D eigenvalue weighted by atomic mass is 9.62. The first-order valence-electron chi connectivity index (χ1n) is 6.23. The zero-order valence-electron chi connectivity index (χ0n) is 11.3. The van der Waals surface area contributed by atoms with Crippen LogP contribution in [-0.2, 0) is 10.8 Å². The molecule has 0 spiro atoms. The molecule has 1 aromatic rings. The molecule has 0 aliphatic heterocycles. The number of rotatable bonds is 1. The molecule has 0 aromatic heterocycles. The Kier molecular flexibility index (Phi) is 2.76. The maximum absolute atomic E-state index is 13.6. The van der Waals surface area contributed by atoms with Crippen molar-refractivity contribution in [3.63, 3.8) is 0 Å². The molecule has 0 saturated heterocycles. The number of fused-ring (bicyclic) bond motifs is 1. The zero-order chi connectivity index (χ0) is 13.7. The highest BCUT2D eigenvalue weighted by Gasteiger charge is 2.40. The Hall–Kier alpha value is -1.38. The summed E-state index contributed by atoms with van der Waals surface area (Å²) < 4.78 is 13.6. The fourth-order valence-electron chi connectivity index (χ4n) is 2.92. The van der Waals surface area contributed by atoms with Gasteiger partial charge in [0.25, 0.3) is 0 Å². The van der Waals surface area contributed by atoms with E-state index in [0.29, 0.717) is 0 Å². The lowest BCUT2D eigenvalue weighted by molar-refractivity contribution is 0.0692. The number of carbonyl (C=O) groups is 1. The third kappa shape index (κ3) is 1.92. The summed E-state index contributed by atoms with van der Waals surface area (Å²) in [6.07, 6.45) is 1.86. The number of carboxylic acid groups (broad SMARTS) is 1. The monoisotopic (exact) mass is 250 g/mol. The van der Waals surface area contributed by atoms with Gasteiger partial charge in [0.15, 0.2) is 0 Å². The molecule has 0 atom stereocenters. The molecule has 0 unspecified atom stereocenters. The Morgan fingerprint density at radius 3 is 2.28 bits per heavy atom. The predicted molar refractivity (Wildman–Crippen MR) is 68.6 cm³/mol. The highest BCUT2D eigenvalue weighted by Crippen LogP contribution is 2.47. The molecule has 1 aliphatic rings. The molecular weight excluding hydrogens is 231 g/mol. The number of carboxylic acids is 1. The van der Waals surface area contributed by atoms with Gasteiger partial charge in [0.1, 0.15) is 5.82 Å². The van der Waals surface area contributed by atoms with Crippen LogP contribution < -0.4 is 0 Å². The molecule has 18 heavy (non-hydrogen) atoms. The van der Waals surface area contributed by atoms with Crippen LogP contribution in [0, 0.1) is 5.82 Å². The SMILES string of the molecule is CC1(C)CCC(C)(C)c2c(C(=O)O)cc(F)cc21. The molecular formula is C15H19FO2. The maximum Gasteiger partial charge on any atom is 0.336 e. The van der Waals surface area contributed by atoms with Crippen molar-refractivity contribution in [2.24, 2.45) is 0 Å². The molecule has 98 valence electrons. The molecule has 0 bridgehead atoms. The van der Waals surface area contributed by atoms with Gasteiger partial charge in [-0.3, -0.25) is 0 Å². The summed E-state index contributed by atoms with van der Waals surface area (Å²) in [5, 5.41) is 9.30. The van der Waals surface area contributed by atoms with Gasteiger partial charge in [0, 0.05) is 0 Å². The van der Waals surface area contributed by atoms with Gasteiger partial charge in [-0.05, 0) is 46.9 Å². The van der Waals surface area contributed by atoms with Crippen LogP contribution in [0.25, 0.3) is 0 Å². The fourth-order valence-corrected chi connectivity index (χ4v) is 2.92. The van der Waals surface area contributed by atoms with Crippen LogP contribution in [-0.4, -0.2) is 11.1 Å². The van der Waals surface area contributed by atoms with Gasteiger partial charge in [-0.25, -0.2) is 9.18 Å². The van der Waals surface area contributed by atoms with E-state index in [1.165, 1.54) is 6.07 Å². The van der Waals surface area contributed by atoms with Crippen molar-refractivity contribution in [1.82, 2.24) is 0 Å². The quantitative estimate of drug-likeness (QED) is 0.821. The van der Waals surface area contributed by atoms with E-state index in [2.05, 4.69) is 0 Å². The maximum atomic E-state index is 13.6. The molecule has 1 N–H and O–H groups in total. The van der Waals surface area contributed by atoms with Gasteiger partial charge in [-0.1, -0.05) is 27.7 Å². The Bertz CT molecular complexity index is 515. The second-order valence-electron chi connectivity index (χ2n) is 6.45. The van der Waals surface area contributed by atoms with Gasteiger partial charge < -0.3 is 5.11 Å². The topological polar surface area (TPSA) is 37.3 Å². The first-order valence-corrected chi connectivity index (χ1v) is 6.23. The summed E-state index contributed by atoms with van der Waals surface area (Å²) >= 11 is 0. The van der Waals surface area contributed by atoms with Crippen molar-refractivity contribution in [1.29, 1.82) is 0 Å². The third-order valence-corrected chi connectivity index (χ3v) is 4.11. The molecule has 1 aliphatic carbocycles. The smallest absolute Gasteiger partial charge is 0.336 e. The van der Waals surface area contributed by atoms with Gasteiger partial charge in [-0.2, -0.15) is 0 Å². The molecule has 0 fully saturated rings. The highest BCUT2D eigenvalue weighted by molar-refractivity contribution is 5.90. The number of halogens is 1. The van der Waals surface area contributed by atoms with Crippen LogP contribution >= 0.6 is 0 Å². The standard InChI is InChI=1S/C15H19FO2/c1-14(2)5-6-15(3,4)12-10(13(17)18)7-9(16)8-11(12)14/h7-8H,5-6H2,1-4H3,(H,17,18). The summed E-state index contributed by atoms with van der Waals surface area (Å²) in [6, 6.07) is 2.65. The van der Waals surface area contributed by atoms with Crippen molar-refractivity contribution < 1.29 is 14.3 Å². The third-order valence-electron chi connectivity index (χ3n) is 4.11. The summed E-state index contributed by atoms with van der Waals surface area (Å²) in [6.45, 7) is 8.16. The second kappa shape index (κ2) is 3.81. The highest BCUT2D eigenvalue weighted by atomic mass is 19.1. The average Bonchev–Trinajstić information content (AvgIpc) is 2.23. The summed E-state index contributed by atoms with van der Waals surface area (Å²) in [5.41, 5.74) is 1.37. The van der Waals surface area contributed by atoms with E-state index in [9.17, 15) is 14.3 Å². The zero-order valence-corrected chi connectivity index (χ0v) is 11.3. The first-order chi connectivity index (χ1) is 8.15. The van der Waals surface area contributed by atoms with E-state index in [4.69, 9.17) is 0 Å². The minimum Gasteiger partial charge on any atom is -0.478 e. The molecule has 0 amide bonds. The fraction of sp³-hybridized carbons (Fsp3) is 0.533. The number of hydrogen-bond donors (Lipinski definition) is 1. The average molecular weight is 250 g/mol. The van der Waals surface area contributed by atoms with Crippen molar-refractivity contribution in [2.75, 3.05) is 0 Å². The van der Waals surface area contributed by atoms with E-state index in [0.717, 1.165) is 30.0 Å². The van der Waals surface area contributed by atoms with Gasteiger partial charge in [0.05, 0.1) is 5.56 Å². The molecule has 0 saturated carbocycles. The predicted octanol–water partition coefficient (Wildman–Crippen LogP) is 3.87. The van der Waals surface area contributed by atoms with Crippen LogP contribution in [0.5, 0.6) is 0 Å². The Labute approximate surface area is 107 Å². The minimum absolute atomic E-state index is 0.114. The van der Waals surface area contributed by atoms with Crippen molar-refractivity contribution in [3.05, 3.63) is 34.6 Å². The Balaban J connectivity index is 2.82. The summed E-state index contributed by atoms with van der Waals surface area (Å²) in [7, 11) is 0. The van der Waals surface area contributed by atoms with Crippen LogP contribution in [0.1, 0.15) is 62.0 Å². The Morgan fingerprint density at radius 1 is 1.17 bits per heavy atom. The summed E-state index contributed by atoms with van der Waals surface area (Å²) in [5.74, 6) is -1.51. The largest absolute Gasteiger partial charge is 0.478 e. The minimum atomic E-state index is -1.04. The van der Waals surface area contributed by atoms with Gasteiger partial charge in [-0.15, -0.1) is 0 Å². The molecule has 3 heteroatoms. The van der Waals surface area contributed by atoms with Crippen molar-refractivity contribution in [3.8, 4) is 0 Å². The number of aromatic carboxylic acids is 1. The lowest BCUT2D eigenvalue weighted by Crippen LogP contribution is -2.35. The molecule has 0 heterocycles. The van der Waals surface area contributed by atoms with E-state index in [1.54, 1.807) is 0 Å². The van der Waals surface area contributed by atoms with Crippen LogP contribution in [0.15, 0.2) is 12.1 Å². The Morgan fingerprint density at radius 2 is 1.72 bits per heavy atom.